The normalized spacial score (nSPS) is 16.5. The number of ether oxygens (including phenoxy) is 1. The number of thiazole rings is 1. The zero-order valence-electron chi connectivity index (χ0n) is 7.90. The van der Waals surface area contributed by atoms with E-state index in [0.29, 0.717) is 31.4 Å². The monoisotopic (exact) mass is 291 g/mol. The number of halogens is 1. The Morgan fingerprint density at radius 3 is 2.93 bits per heavy atom. The number of anilines is 1. The second-order valence-corrected chi connectivity index (χ2v) is 5.41. The van der Waals surface area contributed by atoms with Gasteiger partial charge < -0.3 is 9.64 Å². The summed E-state index contributed by atoms with van der Waals surface area (Å²) in [6, 6.07) is -0.111. The molecule has 2 heterocycles. The van der Waals surface area contributed by atoms with Gasteiger partial charge in [0.25, 0.3) is 0 Å². The molecule has 82 valence electrons. The fraction of sp³-hybridized carbons (Fsp3) is 0.500. The lowest BCUT2D eigenvalue weighted by molar-refractivity contribution is 0.0564. The molecule has 2 amide bonds. The van der Waals surface area contributed by atoms with E-state index in [1.165, 1.54) is 11.3 Å². The van der Waals surface area contributed by atoms with Gasteiger partial charge in [0.1, 0.15) is 0 Å². The van der Waals surface area contributed by atoms with Crippen molar-refractivity contribution >= 4 is 38.4 Å². The van der Waals surface area contributed by atoms with Crippen LogP contribution in [0.2, 0.25) is 0 Å². The van der Waals surface area contributed by atoms with Crippen molar-refractivity contribution in [3.05, 3.63) is 9.98 Å². The van der Waals surface area contributed by atoms with E-state index >= 15 is 0 Å². The largest absolute Gasteiger partial charge is 0.378 e. The molecule has 1 aromatic heterocycles. The molecule has 0 saturated carbocycles. The van der Waals surface area contributed by atoms with Gasteiger partial charge in [0.2, 0.25) is 0 Å². The van der Waals surface area contributed by atoms with Crippen molar-refractivity contribution in [1.29, 1.82) is 0 Å². The maximum atomic E-state index is 11.7. The van der Waals surface area contributed by atoms with E-state index in [2.05, 4.69) is 26.2 Å². The lowest BCUT2D eigenvalue weighted by Crippen LogP contribution is -2.43. The molecule has 15 heavy (non-hydrogen) atoms. The van der Waals surface area contributed by atoms with Gasteiger partial charge in [-0.3, -0.25) is 5.32 Å². The Morgan fingerprint density at radius 2 is 2.33 bits per heavy atom. The number of morpholine rings is 1. The first-order valence-electron chi connectivity index (χ1n) is 4.51. The van der Waals surface area contributed by atoms with Crippen molar-refractivity contribution in [2.24, 2.45) is 0 Å². The predicted octanol–water partition coefficient (Wildman–Crippen LogP) is 1.77. The smallest absolute Gasteiger partial charge is 0.323 e. The van der Waals surface area contributed by atoms with Crippen LogP contribution in [0.1, 0.15) is 0 Å². The zero-order chi connectivity index (χ0) is 10.7. The summed E-state index contributed by atoms with van der Waals surface area (Å²) in [6.07, 6.45) is 1.67. The number of carbonyl (C=O) groups is 1. The first-order chi connectivity index (χ1) is 7.25. The van der Waals surface area contributed by atoms with Crippen LogP contribution in [0.3, 0.4) is 0 Å². The number of nitrogens with one attached hydrogen (secondary N) is 1. The first-order valence-corrected chi connectivity index (χ1v) is 6.11. The number of aromatic nitrogens is 1. The molecule has 0 bridgehead atoms. The van der Waals surface area contributed by atoms with Gasteiger partial charge in [0.15, 0.2) is 5.13 Å². The van der Waals surface area contributed by atoms with Gasteiger partial charge in [-0.05, 0) is 15.9 Å². The van der Waals surface area contributed by atoms with Crippen LogP contribution in [0.5, 0.6) is 0 Å². The van der Waals surface area contributed by atoms with Crippen LogP contribution in [0.15, 0.2) is 9.98 Å². The standard InChI is InChI=1S/C8H10BrN3O2S/c9-6-5-10-7(15-6)11-8(13)12-1-3-14-4-2-12/h5H,1-4H2,(H,10,11,13). The molecule has 0 unspecified atom stereocenters. The summed E-state index contributed by atoms with van der Waals surface area (Å²) in [5.41, 5.74) is 0. The highest BCUT2D eigenvalue weighted by molar-refractivity contribution is 9.11. The Kier molecular flexibility index (Phi) is 3.55. The molecule has 0 atom stereocenters. The first kappa shape index (κ1) is 10.8. The van der Waals surface area contributed by atoms with E-state index in [4.69, 9.17) is 4.74 Å². The third-order valence-corrected chi connectivity index (χ3v) is 3.38. The Morgan fingerprint density at radius 1 is 1.60 bits per heavy atom. The Bertz CT molecular complexity index is 351. The predicted molar refractivity (Wildman–Crippen MR) is 61.2 cm³/mol. The highest BCUT2D eigenvalue weighted by atomic mass is 79.9. The van der Waals surface area contributed by atoms with Crippen LogP contribution >= 0.6 is 27.3 Å². The minimum atomic E-state index is -0.111. The molecular weight excluding hydrogens is 282 g/mol. The number of amides is 2. The molecule has 0 spiro atoms. The SMILES string of the molecule is O=C(Nc1ncc(Br)s1)N1CCOCC1. The summed E-state index contributed by atoms with van der Waals surface area (Å²) in [5.74, 6) is 0. The zero-order valence-corrected chi connectivity index (χ0v) is 10.3. The summed E-state index contributed by atoms with van der Waals surface area (Å²) >= 11 is 4.68. The van der Waals surface area contributed by atoms with E-state index in [9.17, 15) is 4.79 Å². The average molecular weight is 292 g/mol. The van der Waals surface area contributed by atoms with Crippen molar-refractivity contribution in [2.45, 2.75) is 0 Å². The third kappa shape index (κ3) is 2.90. The molecule has 1 saturated heterocycles. The van der Waals surface area contributed by atoms with Crippen LogP contribution in [-0.4, -0.2) is 42.2 Å². The van der Waals surface area contributed by atoms with Gasteiger partial charge in [-0.2, -0.15) is 0 Å². The summed E-state index contributed by atoms with van der Waals surface area (Å²) in [6.45, 7) is 2.49. The molecule has 1 N–H and O–H groups in total. The highest BCUT2D eigenvalue weighted by Crippen LogP contribution is 2.23. The Balaban J connectivity index is 1.91. The Hall–Kier alpha value is -0.660. The number of nitrogens with zero attached hydrogens (tertiary/aromatic N) is 2. The minimum Gasteiger partial charge on any atom is -0.378 e. The molecular formula is C8H10BrN3O2S. The number of carbonyl (C=O) groups excluding carboxylic acids is 1. The summed E-state index contributed by atoms with van der Waals surface area (Å²) in [7, 11) is 0. The van der Waals surface area contributed by atoms with E-state index in [1.807, 2.05) is 0 Å². The second kappa shape index (κ2) is 4.91. The highest BCUT2D eigenvalue weighted by Gasteiger charge is 2.17. The Labute approximate surface area is 99.6 Å². The van der Waals surface area contributed by atoms with Gasteiger partial charge in [0.05, 0.1) is 23.2 Å². The summed E-state index contributed by atoms with van der Waals surface area (Å²) < 4.78 is 6.06. The van der Waals surface area contributed by atoms with Gasteiger partial charge in [-0.15, -0.1) is 0 Å². The van der Waals surface area contributed by atoms with Crippen molar-refractivity contribution < 1.29 is 9.53 Å². The number of hydrogen-bond donors (Lipinski definition) is 1. The third-order valence-electron chi connectivity index (χ3n) is 1.99. The van der Waals surface area contributed by atoms with Crippen molar-refractivity contribution in [2.75, 3.05) is 31.6 Å². The van der Waals surface area contributed by atoms with Crippen LogP contribution in [0.25, 0.3) is 0 Å². The summed E-state index contributed by atoms with van der Waals surface area (Å²) in [5, 5.41) is 3.35. The van der Waals surface area contributed by atoms with Gasteiger partial charge in [0, 0.05) is 13.1 Å². The number of rotatable bonds is 1. The maximum absolute atomic E-state index is 11.7. The molecule has 0 aliphatic carbocycles. The molecule has 0 aromatic carbocycles. The maximum Gasteiger partial charge on any atom is 0.323 e. The van der Waals surface area contributed by atoms with Gasteiger partial charge in [-0.1, -0.05) is 11.3 Å². The lowest BCUT2D eigenvalue weighted by Gasteiger charge is -2.26. The van der Waals surface area contributed by atoms with Crippen LogP contribution < -0.4 is 5.32 Å². The second-order valence-electron chi connectivity index (χ2n) is 3.00. The molecule has 1 aliphatic heterocycles. The van der Waals surface area contributed by atoms with Gasteiger partial charge in [-0.25, -0.2) is 9.78 Å². The minimum absolute atomic E-state index is 0.111. The van der Waals surface area contributed by atoms with Crippen molar-refractivity contribution in [1.82, 2.24) is 9.88 Å². The lowest BCUT2D eigenvalue weighted by atomic mass is 10.4. The van der Waals surface area contributed by atoms with Crippen molar-refractivity contribution in [3.63, 3.8) is 0 Å². The fourth-order valence-electron chi connectivity index (χ4n) is 1.25. The topological polar surface area (TPSA) is 54.5 Å². The van der Waals surface area contributed by atoms with E-state index in [1.54, 1.807) is 11.1 Å². The molecule has 1 aliphatic rings. The quantitative estimate of drug-likeness (QED) is 0.858. The molecule has 2 rings (SSSR count). The fourth-order valence-corrected chi connectivity index (χ4v) is 2.35. The molecule has 1 aromatic rings. The van der Waals surface area contributed by atoms with Crippen molar-refractivity contribution in [3.8, 4) is 0 Å². The van der Waals surface area contributed by atoms with Crippen LogP contribution in [-0.2, 0) is 4.74 Å². The van der Waals surface area contributed by atoms with Crippen LogP contribution in [0.4, 0.5) is 9.93 Å². The van der Waals surface area contributed by atoms with E-state index < -0.39 is 0 Å². The van der Waals surface area contributed by atoms with E-state index in [0.717, 1.165) is 3.79 Å². The molecule has 1 fully saturated rings. The molecule has 0 radical (unpaired) electrons. The number of urea groups is 1. The summed E-state index contributed by atoms with van der Waals surface area (Å²) in [4.78, 5) is 17.4. The van der Waals surface area contributed by atoms with Crippen LogP contribution in [0, 0.1) is 0 Å². The molecule has 7 heteroatoms. The van der Waals surface area contributed by atoms with E-state index in [-0.39, 0.29) is 6.03 Å². The average Bonchev–Trinajstić information content (AvgIpc) is 2.65. The molecule has 5 nitrogen and oxygen atoms in total. The van der Waals surface area contributed by atoms with Gasteiger partial charge >= 0.3 is 6.03 Å². The number of hydrogen-bond acceptors (Lipinski definition) is 4.